The number of benzene rings is 2. The van der Waals surface area contributed by atoms with Gasteiger partial charge in [0.05, 0.1) is 12.7 Å². The van der Waals surface area contributed by atoms with Crippen LogP contribution in [0.5, 0.6) is 5.75 Å². The molecule has 3 aromatic rings. The molecular formula is C20H17N3O3. The van der Waals surface area contributed by atoms with Crippen molar-refractivity contribution >= 4 is 11.7 Å². The van der Waals surface area contributed by atoms with Gasteiger partial charge in [-0.05, 0) is 17.7 Å². The van der Waals surface area contributed by atoms with Crippen LogP contribution in [0.4, 0.5) is 5.82 Å². The molecule has 0 radical (unpaired) electrons. The van der Waals surface area contributed by atoms with Crippen LogP contribution in [-0.4, -0.2) is 23.0 Å². The van der Waals surface area contributed by atoms with Gasteiger partial charge in [-0.2, -0.15) is 0 Å². The summed E-state index contributed by atoms with van der Waals surface area (Å²) in [6.07, 6.45) is 0.203. The van der Waals surface area contributed by atoms with Crippen LogP contribution in [-0.2, 0) is 4.79 Å². The van der Waals surface area contributed by atoms with Gasteiger partial charge >= 0.3 is 0 Å². The molecule has 0 saturated heterocycles. The van der Waals surface area contributed by atoms with Gasteiger partial charge in [0.2, 0.25) is 5.91 Å². The second kappa shape index (κ2) is 6.48. The van der Waals surface area contributed by atoms with E-state index in [9.17, 15) is 9.59 Å². The second-order valence-corrected chi connectivity index (χ2v) is 6.12. The van der Waals surface area contributed by atoms with Gasteiger partial charge in [-0.1, -0.05) is 42.5 Å². The zero-order chi connectivity index (χ0) is 18.1. The second-order valence-electron chi connectivity index (χ2n) is 6.12. The van der Waals surface area contributed by atoms with Gasteiger partial charge in [0.15, 0.2) is 0 Å². The van der Waals surface area contributed by atoms with E-state index in [-0.39, 0.29) is 23.8 Å². The predicted octanol–water partition coefficient (Wildman–Crippen LogP) is 2.92. The van der Waals surface area contributed by atoms with Crippen LogP contribution in [0.15, 0.2) is 59.4 Å². The van der Waals surface area contributed by atoms with E-state index in [0.29, 0.717) is 17.2 Å². The van der Waals surface area contributed by atoms with Crippen LogP contribution >= 0.6 is 0 Å². The number of aromatic nitrogens is 2. The minimum atomic E-state index is -0.342. The number of H-pyrrole nitrogens is 1. The van der Waals surface area contributed by atoms with Gasteiger partial charge in [-0.3, -0.25) is 9.59 Å². The number of nitrogens with one attached hydrogen (secondary N) is 2. The van der Waals surface area contributed by atoms with E-state index in [0.717, 1.165) is 16.9 Å². The van der Waals surface area contributed by atoms with Crippen LogP contribution in [0.25, 0.3) is 11.4 Å². The number of nitrogens with zero attached hydrogens (tertiary/aromatic N) is 1. The summed E-state index contributed by atoms with van der Waals surface area (Å²) in [5, 5.41) is 2.74. The predicted molar refractivity (Wildman–Crippen MR) is 98.4 cm³/mol. The normalized spacial score (nSPS) is 15.9. The van der Waals surface area contributed by atoms with E-state index in [4.69, 9.17) is 4.74 Å². The molecular weight excluding hydrogens is 330 g/mol. The van der Waals surface area contributed by atoms with Gasteiger partial charge in [-0.25, -0.2) is 4.98 Å². The average Bonchev–Trinajstić information content (AvgIpc) is 2.67. The van der Waals surface area contributed by atoms with Crippen LogP contribution < -0.4 is 15.6 Å². The summed E-state index contributed by atoms with van der Waals surface area (Å²) < 4.78 is 5.18. The van der Waals surface area contributed by atoms with Crippen molar-refractivity contribution in [3.05, 3.63) is 76.1 Å². The molecule has 1 aliphatic rings. The molecule has 2 N–H and O–H groups in total. The zero-order valence-electron chi connectivity index (χ0n) is 14.2. The molecule has 0 bridgehead atoms. The van der Waals surface area contributed by atoms with Gasteiger partial charge in [0.1, 0.15) is 17.4 Å². The van der Waals surface area contributed by atoms with Crippen molar-refractivity contribution in [3.63, 3.8) is 0 Å². The summed E-state index contributed by atoms with van der Waals surface area (Å²) in [6, 6.07) is 16.7. The highest BCUT2D eigenvalue weighted by Crippen LogP contribution is 2.35. The first-order chi connectivity index (χ1) is 12.7. The number of carbonyl (C=O) groups excluding carboxylic acids is 1. The number of hydrogen-bond donors (Lipinski definition) is 2. The van der Waals surface area contributed by atoms with Crippen LogP contribution in [0, 0.1) is 0 Å². The monoisotopic (exact) mass is 347 g/mol. The Morgan fingerprint density at radius 3 is 2.46 bits per heavy atom. The van der Waals surface area contributed by atoms with Gasteiger partial charge in [0.25, 0.3) is 5.56 Å². The lowest BCUT2D eigenvalue weighted by Gasteiger charge is -2.24. The number of fused-ring (bicyclic) bond motifs is 1. The minimum absolute atomic E-state index is 0.157. The lowest BCUT2D eigenvalue weighted by Crippen LogP contribution is -2.31. The average molecular weight is 347 g/mol. The Hall–Kier alpha value is -3.41. The number of rotatable bonds is 3. The molecule has 0 aliphatic carbocycles. The quantitative estimate of drug-likeness (QED) is 0.763. The molecule has 0 fully saturated rings. The lowest BCUT2D eigenvalue weighted by molar-refractivity contribution is -0.116. The maximum Gasteiger partial charge on any atom is 0.257 e. The molecule has 130 valence electrons. The first kappa shape index (κ1) is 16.1. The molecule has 0 spiro atoms. The van der Waals surface area contributed by atoms with E-state index >= 15 is 0 Å². The fourth-order valence-electron chi connectivity index (χ4n) is 3.22. The molecule has 6 nitrogen and oxygen atoms in total. The summed E-state index contributed by atoms with van der Waals surface area (Å²) in [7, 11) is 1.60. The highest BCUT2D eigenvalue weighted by Gasteiger charge is 2.31. The fraction of sp³-hybridized carbons (Fsp3) is 0.150. The molecule has 6 heteroatoms. The molecule has 2 aromatic carbocycles. The molecule has 26 heavy (non-hydrogen) atoms. The van der Waals surface area contributed by atoms with Crippen LogP contribution in [0.3, 0.4) is 0 Å². The highest BCUT2D eigenvalue weighted by atomic mass is 16.5. The molecule has 4 rings (SSSR count). The molecule has 1 aliphatic heterocycles. The van der Waals surface area contributed by atoms with Crippen molar-refractivity contribution < 1.29 is 9.53 Å². The van der Waals surface area contributed by atoms with Crippen molar-refractivity contribution in [1.29, 1.82) is 0 Å². The number of hydrogen-bond acceptors (Lipinski definition) is 4. The third kappa shape index (κ3) is 2.86. The number of methoxy groups -OCH3 is 1. The number of amides is 1. The summed E-state index contributed by atoms with van der Waals surface area (Å²) in [4.78, 5) is 32.3. The van der Waals surface area contributed by atoms with E-state index in [2.05, 4.69) is 15.3 Å². The summed E-state index contributed by atoms with van der Waals surface area (Å²) >= 11 is 0. The van der Waals surface area contributed by atoms with Crippen molar-refractivity contribution in [2.45, 2.75) is 12.3 Å². The summed E-state index contributed by atoms with van der Waals surface area (Å²) in [5.41, 5.74) is 1.90. The Bertz CT molecular complexity index is 1010. The molecule has 0 saturated carbocycles. The zero-order valence-corrected chi connectivity index (χ0v) is 14.2. The van der Waals surface area contributed by atoms with Gasteiger partial charge < -0.3 is 15.0 Å². The molecule has 1 unspecified atom stereocenters. The number of carbonyl (C=O) groups is 1. The molecule has 1 atom stereocenters. The Labute approximate surface area is 149 Å². The van der Waals surface area contributed by atoms with Crippen molar-refractivity contribution in [3.8, 4) is 17.1 Å². The van der Waals surface area contributed by atoms with Gasteiger partial charge in [-0.15, -0.1) is 0 Å². The number of ether oxygens (including phenoxy) is 1. The Kier molecular flexibility index (Phi) is 4.01. The maximum absolute atomic E-state index is 12.8. The SMILES string of the molecule is COc1ccc(C2CC(=O)Nc3nc(-c4ccccc4)[nH]c(=O)c32)cc1. The van der Waals surface area contributed by atoms with E-state index < -0.39 is 0 Å². The first-order valence-electron chi connectivity index (χ1n) is 8.29. The smallest absolute Gasteiger partial charge is 0.257 e. The third-order valence-corrected chi connectivity index (χ3v) is 4.52. The highest BCUT2D eigenvalue weighted by molar-refractivity contribution is 5.94. The van der Waals surface area contributed by atoms with Crippen molar-refractivity contribution in [2.24, 2.45) is 0 Å². The minimum Gasteiger partial charge on any atom is -0.497 e. The van der Waals surface area contributed by atoms with Crippen molar-refractivity contribution in [2.75, 3.05) is 12.4 Å². The molecule has 1 aromatic heterocycles. The largest absolute Gasteiger partial charge is 0.497 e. The third-order valence-electron chi connectivity index (χ3n) is 4.52. The first-order valence-corrected chi connectivity index (χ1v) is 8.29. The van der Waals surface area contributed by atoms with Crippen LogP contribution in [0.1, 0.15) is 23.5 Å². The van der Waals surface area contributed by atoms with Gasteiger partial charge in [0, 0.05) is 17.9 Å². The lowest BCUT2D eigenvalue weighted by atomic mass is 9.87. The summed E-state index contributed by atoms with van der Waals surface area (Å²) in [6.45, 7) is 0. The van der Waals surface area contributed by atoms with Crippen molar-refractivity contribution in [1.82, 2.24) is 9.97 Å². The van der Waals surface area contributed by atoms with E-state index in [1.165, 1.54) is 0 Å². The molecule has 2 heterocycles. The number of aromatic amines is 1. The Morgan fingerprint density at radius 2 is 1.77 bits per heavy atom. The topological polar surface area (TPSA) is 84.1 Å². The van der Waals surface area contributed by atoms with E-state index in [1.807, 2.05) is 54.6 Å². The van der Waals surface area contributed by atoms with E-state index in [1.54, 1.807) is 7.11 Å². The number of anilines is 1. The fourth-order valence-corrected chi connectivity index (χ4v) is 3.22. The Balaban J connectivity index is 1.82. The summed E-state index contributed by atoms with van der Waals surface area (Å²) in [5.74, 6) is 0.983. The maximum atomic E-state index is 12.8. The Morgan fingerprint density at radius 1 is 1.04 bits per heavy atom. The standard InChI is InChI=1S/C20H17N3O3/c1-26-14-9-7-12(8-10-14)15-11-16(24)21-19-17(15)20(25)23-18(22-19)13-5-3-2-4-6-13/h2-10,15H,11H2,1H3,(H2,21,22,23,24,25). The van der Waals surface area contributed by atoms with Crippen LogP contribution in [0.2, 0.25) is 0 Å². The molecule has 1 amide bonds.